The fraction of sp³-hybridized carbons (Fsp3) is 0.200. The molecule has 7 heteroatoms. The number of rotatable bonds is 3. The fourth-order valence-corrected chi connectivity index (χ4v) is 4.64. The van der Waals surface area contributed by atoms with Gasteiger partial charge < -0.3 is 5.32 Å². The summed E-state index contributed by atoms with van der Waals surface area (Å²) in [7, 11) is -0.979. The Bertz CT molecular complexity index is 1070. The van der Waals surface area contributed by atoms with Crippen LogP contribution in [0.15, 0.2) is 42.5 Å². The molecule has 0 saturated heterocycles. The molecule has 0 spiro atoms. The summed E-state index contributed by atoms with van der Waals surface area (Å²) in [4.78, 5) is 12.8. The van der Waals surface area contributed by atoms with Gasteiger partial charge in [0.25, 0.3) is 5.91 Å². The smallest absolute Gasteiger partial charge is 0.256 e. The Morgan fingerprint density at radius 2 is 1.89 bits per heavy atom. The van der Waals surface area contributed by atoms with Gasteiger partial charge in [-0.05, 0) is 49.7 Å². The van der Waals surface area contributed by atoms with Gasteiger partial charge in [-0.25, -0.2) is 4.68 Å². The van der Waals surface area contributed by atoms with Crippen LogP contribution in [-0.4, -0.2) is 19.9 Å². The zero-order chi connectivity index (χ0) is 19.1. The first-order valence-corrected chi connectivity index (χ1v) is 10.4. The molecule has 5 nitrogen and oxygen atoms in total. The molecule has 0 bridgehead atoms. The van der Waals surface area contributed by atoms with E-state index in [1.165, 1.54) is 0 Å². The van der Waals surface area contributed by atoms with Crippen molar-refractivity contribution in [3.05, 3.63) is 75.4 Å². The Morgan fingerprint density at radius 3 is 2.59 bits per heavy atom. The largest absolute Gasteiger partial charge is 0.306 e. The van der Waals surface area contributed by atoms with Gasteiger partial charge >= 0.3 is 0 Å². The minimum absolute atomic E-state index is 0.252. The molecule has 1 aliphatic heterocycles. The van der Waals surface area contributed by atoms with E-state index in [2.05, 4.69) is 16.5 Å². The molecule has 1 unspecified atom stereocenters. The number of halogens is 1. The molecular formula is C20H18ClN3O2S. The third kappa shape index (κ3) is 3.42. The van der Waals surface area contributed by atoms with Crippen molar-refractivity contribution >= 4 is 34.1 Å². The Labute approximate surface area is 164 Å². The highest BCUT2D eigenvalue weighted by atomic mass is 35.5. The second-order valence-corrected chi connectivity index (χ2v) is 8.56. The standard InChI is InChI=1S/C20H18ClN3O2S/c1-12-3-8-18(13(2)9-12)24-19(16-10-27(26)11-17(16)23-24)22-20(25)14-4-6-15(21)7-5-14/h3-9H,10-11H2,1-2H3,(H,22,25). The number of hydrogen-bond acceptors (Lipinski definition) is 3. The summed E-state index contributed by atoms with van der Waals surface area (Å²) in [6.45, 7) is 4.05. The number of nitrogens with one attached hydrogen (secondary N) is 1. The summed E-state index contributed by atoms with van der Waals surface area (Å²) < 4.78 is 13.8. The summed E-state index contributed by atoms with van der Waals surface area (Å²) in [6.07, 6.45) is 0. The van der Waals surface area contributed by atoms with Gasteiger partial charge in [-0.2, -0.15) is 5.10 Å². The number of carbonyl (C=O) groups is 1. The Kier molecular flexibility index (Phi) is 4.61. The van der Waals surface area contributed by atoms with E-state index in [4.69, 9.17) is 11.6 Å². The van der Waals surface area contributed by atoms with Crippen molar-refractivity contribution in [3.63, 3.8) is 0 Å². The van der Waals surface area contributed by atoms with Crippen LogP contribution in [-0.2, 0) is 22.3 Å². The predicted molar refractivity (Wildman–Crippen MR) is 108 cm³/mol. The van der Waals surface area contributed by atoms with E-state index in [1.807, 2.05) is 26.0 Å². The lowest BCUT2D eigenvalue weighted by Crippen LogP contribution is -2.17. The van der Waals surface area contributed by atoms with Gasteiger partial charge in [0.1, 0.15) is 5.82 Å². The number of hydrogen-bond donors (Lipinski definition) is 1. The van der Waals surface area contributed by atoms with Crippen molar-refractivity contribution in [2.45, 2.75) is 25.4 Å². The molecule has 3 aromatic rings. The van der Waals surface area contributed by atoms with Gasteiger partial charge in [0.05, 0.1) is 22.9 Å². The van der Waals surface area contributed by atoms with E-state index < -0.39 is 10.8 Å². The van der Waals surface area contributed by atoms with Crippen molar-refractivity contribution in [2.24, 2.45) is 0 Å². The van der Waals surface area contributed by atoms with Gasteiger partial charge in [0.15, 0.2) is 0 Å². The topological polar surface area (TPSA) is 64.0 Å². The number of benzene rings is 2. The Morgan fingerprint density at radius 1 is 1.15 bits per heavy atom. The molecule has 2 heterocycles. The normalized spacial score (nSPS) is 15.6. The minimum Gasteiger partial charge on any atom is -0.306 e. The van der Waals surface area contributed by atoms with Crippen LogP contribution in [0.5, 0.6) is 0 Å². The van der Waals surface area contributed by atoms with Crippen LogP contribution in [0.25, 0.3) is 5.69 Å². The molecule has 1 aliphatic rings. The van der Waals surface area contributed by atoms with Crippen LogP contribution in [0, 0.1) is 13.8 Å². The first-order chi connectivity index (χ1) is 12.9. The van der Waals surface area contributed by atoms with E-state index >= 15 is 0 Å². The maximum atomic E-state index is 12.8. The fourth-order valence-electron chi connectivity index (χ4n) is 3.25. The van der Waals surface area contributed by atoms with Crippen LogP contribution >= 0.6 is 11.6 Å². The molecule has 0 saturated carbocycles. The molecule has 0 aliphatic carbocycles. The third-order valence-electron chi connectivity index (χ3n) is 4.59. The van der Waals surface area contributed by atoms with E-state index in [9.17, 15) is 9.00 Å². The van der Waals surface area contributed by atoms with E-state index in [-0.39, 0.29) is 5.91 Å². The van der Waals surface area contributed by atoms with Crippen molar-refractivity contribution < 1.29 is 9.00 Å². The Hall–Kier alpha value is -2.44. The Balaban J connectivity index is 1.77. The highest BCUT2D eigenvalue weighted by Crippen LogP contribution is 2.32. The molecule has 1 aromatic heterocycles. The zero-order valence-electron chi connectivity index (χ0n) is 15.0. The molecule has 1 atom stereocenters. The summed E-state index contributed by atoms with van der Waals surface area (Å²) >= 11 is 5.91. The summed E-state index contributed by atoms with van der Waals surface area (Å²) in [5.74, 6) is 1.15. The average Bonchev–Trinajstić information content (AvgIpc) is 3.13. The first kappa shape index (κ1) is 17.9. The second kappa shape index (κ2) is 6.94. The number of nitrogens with zero attached hydrogens (tertiary/aromatic N) is 2. The lowest BCUT2D eigenvalue weighted by Gasteiger charge is -2.13. The van der Waals surface area contributed by atoms with Gasteiger partial charge in [0, 0.05) is 26.9 Å². The van der Waals surface area contributed by atoms with Gasteiger partial charge in [-0.3, -0.25) is 9.00 Å². The maximum Gasteiger partial charge on any atom is 0.256 e. The first-order valence-electron chi connectivity index (χ1n) is 8.52. The van der Waals surface area contributed by atoms with Crippen LogP contribution in [0.3, 0.4) is 0 Å². The summed E-state index contributed by atoms with van der Waals surface area (Å²) in [5.41, 5.74) is 5.23. The molecule has 27 heavy (non-hydrogen) atoms. The van der Waals surface area contributed by atoms with Crippen LogP contribution in [0.2, 0.25) is 5.02 Å². The lowest BCUT2D eigenvalue weighted by atomic mass is 10.1. The highest BCUT2D eigenvalue weighted by molar-refractivity contribution is 7.83. The van der Waals surface area contributed by atoms with Gasteiger partial charge in [0.2, 0.25) is 0 Å². The molecule has 1 N–H and O–H groups in total. The maximum absolute atomic E-state index is 12.8. The molecule has 1 amide bonds. The van der Waals surface area contributed by atoms with Crippen LogP contribution < -0.4 is 5.32 Å². The van der Waals surface area contributed by atoms with Crippen LogP contribution in [0.1, 0.15) is 32.7 Å². The third-order valence-corrected chi connectivity index (χ3v) is 6.05. The predicted octanol–water partition coefficient (Wildman–Crippen LogP) is 4.16. The minimum atomic E-state index is -0.979. The number of carbonyl (C=O) groups excluding carboxylic acids is 1. The van der Waals surface area contributed by atoms with Crippen molar-refractivity contribution in [2.75, 3.05) is 5.32 Å². The lowest BCUT2D eigenvalue weighted by molar-refractivity contribution is 0.102. The molecule has 0 radical (unpaired) electrons. The van der Waals surface area contributed by atoms with Gasteiger partial charge in [-0.1, -0.05) is 29.3 Å². The number of aromatic nitrogens is 2. The molecular weight excluding hydrogens is 382 g/mol. The van der Waals surface area contributed by atoms with E-state index in [1.54, 1.807) is 28.9 Å². The van der Waals surface area contributed by atoms with E-state index in [0.717, 1.165) is 28.1 Å². The number of amides is 1. The number of anilines is 1. The summed E-state index contributed by atoms with van der Waals surface area (Å²) in [5, 5.41) is 8.19. The highest BCUT2D eigenvalue weighted by Gasteiger charge is 2.28. The van der Waals surface area contributed by atoms with Gasteiger partial charge in [-0.15, -0.1) is 0 Å². The van der Waals surface area contributed by atoms with Crippen molar-refractivity contribution in [3.8, 4) is 5.69 Å². The second-order valence-electron chi connectivity index (χ2n) is 6.67. The molecule has 2 aromatic carbocycles. The zero-order valence-corrected chi connectivity index (χ0v) is 16.5. The summed E-state index contributed by atoms with van der Waals surface area (Å²) in [6, 6.07) is 12.8. The van der Waals surface area contributed by atoms with Crippen LogP contribution in [0.4, 0.5) is 5.82 Å². The number of fused-ring (bicyclic) bond motifs is 1. The number of aryl methyl sites for hydroxylation is 2. The monoisotopic (exact) mass is 399 g/mol. The van der Waals surface area contributed by atoms with E-state index in [0.29, 0.717) is 27.9 Å². The molecule has 4 rings (SSSR count). The van der Waals surface area contributed by atoms with Crippen molar-refractivity contribution in [1.29, 1.82) is 0 Å². The average molecular weight is 400 g/mol. The SMILES string of the molecule is Cc1ccc(-n2nc3c(c2NC(=O)c2ccc(Cl)cc2)CS(=O)C3)c(C)c1. The van der Waals surface area contributed by atoms with Crippen molar-refractivity contribution in [1.82, 2.24) is 9.78 Å². The molecule has 0 fully saturated rings. The quantitative estimate of drug-likeness (QED) is 0.719. The molecule has 138 valence electrons.